The Labute approximate surface area is 123 Å². The average molecular weight is 322 g/mol. The lowest BCUT2D eigenvalue weighted by atomic mass is 10.2. The Bertz CT molecular complexity index is 546. The van der Waals surface area contributed by atoms with Crippen molar-refractivity contribution in [1.29, 1.82) is 0 Å². The summed E-state index contributed by atoms with van der Waals surface area (Å²) in [6, 6.07) is 6.97. The predicted molar refractivity (Wildman–Crippen MR) is 82.6 cm³/mol. The van der Waals surface area contributed by atoms with Gasteiger partial charge in [0.2, 0.25) is 0 Å². The third kappa shape index (κ3) is 3.45. The van der Waals surface area contributed by atoms with Crippen LogP contribution >= 0.6 is 15.9 Å². The average Bonchev–Trinajstić information content (AvgIpc) is 2.84. The van der Waals surface area contributed by atoms with Crippen LogP contribution in [0, 0.1) is 0 Å². The van der Waals surface area contributed by atoms with Gasteiger partial charge in [-0.1, -0.05) is 26.8 Å². The minimum atomic E-state index is 0.499. The molecule has 1 aromatic heterocycles. The van der Waals surface area contributed by atoms with E-state index in [0.29, 0.717) is 6.04 Å². The molecular formula is C15H20BrN3. The second-order valence-electron chi connectivity index (χ2n) is 4.89. The molecule has 4 heteroatoms. The zero-order valence-electron chi connectivity index (χ0n) is 11.7. The largest absolute Gasteiger partial charge is 0.310 e. The fourth-order valence-electron chi connectivity index (χ4n) is 1.99. The molecule has 19 heavy (non-hydrogen) atoms. The van der Waals surface area contributed by atoms with Crippen molar-refractivity contribution in [3.05, 3.63) is 46.5 Å². The van der Waals surface area contributed by atoms with Crippen LogP contribution in [0.15, 0.2) is 35.1 Å². The van der Waals surface area contributed by atoms with E-state index in [4.69, 9.17) is 0 Å². The molecule has 2 aromatic rings. The fourth-order valence-corrected chi connectivity index (χ4v) is 2.61. The molecule has 0 fully saturated rings. The summed E-state index contributed by atoms with van der Waals surface area (Å²) in [5.41, 5.74) is 2.42. The molecule has 0 unspecified atom stereocenters. The number of halogens is 1. The quantitative estimate of drug-likeness (QED) is 0.910. The molecule has 102 valence electrons. The van der Waals surface area contributed by atoms with Gasteiger partial charge in [0, 0.05) is 35.9 Å². The highest BCUT2D eigenvalue weighted by Gasteiger charge is 2.07. The van der Waals surface area contributed by atoms with Crippen molar-refractivity contribution < 1.29 is 0 Å². The summed E-state index contributed by atoms with van der Waals surface area (Å²) >= 11 is 3.66. The van der Waals surface area contributed by atoms with E-state index in [-0.39, 0.29) is 0 Å². The smallest absolute Gasteiger partial charge is 0.112 e. The van der Waals surface area contributed by atoms with Gasteiger partial charge in [0.25, 0.3) is 0 Å². The van der Waals surface area contributed by atoms with Gasteiger partial charge in [-0.2, -0.15) is 0 Å². The lowest BCUT2D eigenvalue weighted by Gasteiger charge is -2.12. The molecule has 1 heterocycles. The normalized spacial score (nSPS) is 11.2. The van der Waals surface area contributed by atoms with E-state index in [1.807, 2.05) is 12.4 Å². The Balaban J connectivity index is 2.24. The number of benzene rings is 1. The summed E-state index contributed by atoms with van der Waals surface area (Å²) in [6.07, 6.45) is 4.78. The van der Waals surface area contributed by atoms with E-state index in [1.165, 1.54) is 5.56 Å². The molecule has 0 radical (unpaired) electrons. The van der Waals surface area contributed by atoms with Crippen LogP contribution in [-0.4, -0.2) is 15.6 Å². The van der Waals surface area contributed by atoms with Gasteiger partial charge in [0.1, 0.15) is 5.82 Å². The number of hydrogen-bond acceptors (Lipinski definition) is 2. The first-order valence-electron chi connectivity index (χ1n) is 6.66. The Morgan fingerprint density at radius 3 is 2.79 bits per heavy atom. The number of imidazole rings is 1. The Kier molecular flexibility index (Phi) is 4.77. The topological polar surface area (TPSA) is 29.9 Å². The molecule has 0 atom stereocenters. The van der Waals surface area contributed by atoms with E-state index in [2.05, 4.69) is 69.8 Å². The molecule has 0 aliphatic rings. The molecule has 0 bridgehead atoms. The Morgan fingerprint density at radius 1 is 1.37 bits per heavy atom. The SMILES string of the molecule is CCc1nccn1-c1ccc(CNC(C)C)cc1Br. The summed E-state index contributed by atoms with van der Waals surface area (Å²) in [6.45, 7) is 7.32. The van der Waals surface area contributed by atoms with E-state index in [9.17, 15) is 0 Å². The summed E-state index contributed by atoms with van der Waals surface area (Å²) in [7, 11) is 0. The monoisotopic (exact) mass is 321 g/mol. The maximum absolute atomic E-state index is 4.36. The first-order chi connectivity index (χ1) is 9.11. The number of aromatic nitrogens is 2. The van der Waals surface area contributed by atoms with Crippen molar-refractivity contribution in [3.63, 3.8) is 0 Å². The number of hydrogen-bond donors (Lipinski definition) is 1. The second kappa shape index (κ2) is 6.35. The number of rotatable bonds is 5. The lowest BCUT2D eigenvalue weighted by molar-refractivity contribution is 0.588. The van der Waals surface area contributed by atoms with Crippen molar-refractivity contribution in [2.24, 2.45) is 0 Å². The van der Waals surface area contributed by atoms with Crippen LogP contribution in [-0.2, 0) is 13.0 Å². The molecular weight excluding hydrogens is 302 g/mol. The van der Waals surface area contributed by atoms with E-state index in [0.717, 1.165) is 29.0 Å². The first-order valence-corrected chi connectivity index (χ1v) is 7.45. The van der Waals surface area contributed by atoms with Crippen LogP contribution in [0.25, 0.3) is 5.69 Å². The predicted octanol–water partition coefficient (Wildman–Crippen LogP) is 3.70. The standard InChI is InChI=1S/C15H20BrN3/c1-4-15-17-7-8-19(15)14-6-5-12(9-13(14)16)10-18-11(2)3/h5-9,11,18H,4,10H2,1-3H3. The molecule has 0 saturated heterocycles. The van der Waals surface area contributed by atoms with Gasteiger partial charge in [-0.25, -0.2) is 4.98 Å². The minimum Gasteiger partial charge on any atom is -0.310 e. The Hall–Kier alpha value is -1.13. The number of nitrogens with one attached hydrogen (secondary N) is 1. The summed E-state index contributed by atoms with van der Waals surface area (Å²) < 4.78 is 3.23. The van der Waals surface area contributed by atoms with Gasteiger partial charge >= 0.3 is 0 Å². The molecule has 0 amide bonds. The Morgan fingerprint density at radius 2 is 2.16 bits per heavy atom. The molecule has 2 rings (SSSR count). The van der Waals surface area contributed by atoms with Crippen LogP contribution in [0.1, 0.15) is 32.2 Å². The highest BCUT2D eigenvalue weighted by Crippen LogP contribution is 2.23. The maximum Gasteiger partial charge on any atom is 0.112 e. The lowest BCUT2D eigenvalue weighted by Crippen LogP contribution is -2.21. The van der Waals surface area contributed by atoms with Gasteiger partial charge in [-0.05, 0) is 33.6 Å². The third-order valence-corrected chi connectivity index (χ3v) is 3.65. The fraction of sp³-hybridized carbons (Fsp3) is 0.400. The minimum absolute atomic E-state index is 0.499. The molecule has 1 N–H and O–H groups in total. The van der Waals surface area contributed by atoms with Gasteiger partial charge < -0.3 is 9.88 Å². The van der Waals surface area contributed by atoms with Gasteiger partial charge in [0.15, 0.2) is 0 Å². The first kappa shape index (κ1) is 14.3. The van der Waals surface area contributed by atoms with Crippen LogP contribution < -0.4 is 5.32 Å². The highest BCUT2D eigenvalue weighted by atomic mass is 79.9. The van der Waals surface area contributed by atoms with E-state index >= 15 is 0 Å². The second-order valence-corrected chi connectivity index (χ2v) is 5.74. The van der Waals surface area contributed by atoms with Crippen molar-refractivity contribution in [2.45, 2.75) is 39.8 Å². The van der Waals surface area contributed by atoms with Crippen LogP contribution in [0.4, 0.5) is 0 Å². The van der Waals surface area contributed by atoms with Gasteiger partial charge in [0.05, 0.1) is 5.69 Å². The molecule has 0 spiro atoms. The van der Waals surface area contributed by atoms with Crippen molar-refractivity contribution in [1.82, 2.24) is 14.9 Å². The molecule has 3 nitrogen and oxygen atoms in total. The van der Waals surface area contributed by atoms with Crippen LogP contribution in [0.3, 0.4) is 0 Å². The summed E-state index contributed by atoms with van der Waals surface area (Å²) in [4.78, 5) is 4.36. The summed E-state index contributed by atoms with van der Waals surface area (Å²) in [5, 5.41) is 3.43. The molecule has 0 aliphatic heterocycles. The zero-order chi connectivity index (χ0) is 13.8. The zero-order valence-corrected chi connectivity index (χ0v) is 13.2. The van der Waals surface area contributed by atoms with Crippen LogP contribution in [0.2, 0.25) is 0 Å². The van der Waals surface area contributed by atoms with Gasteiger partial charge in [-0.15, -0.1) is 0 Å². The third-order valence-electron chi connectivity index (χ3n) is 3.02. The number of nitrogens with zero attached hydrogens (tertiary/aromatic N) is 2. The number of aryl methyl sites for hydroxylation is 1. The van der Waals surface area contributed by atoms with Crippen molar-refractivity contribution >= 4 is 15.9 Å². The summed E-state index contributed by atoms with van der Waals surface area (Å²) in [5.74, 6) is 1.08. The van der Waals surface area contributed by atoms with Crippen molar-refractivity contribution in [3.8, 4) is 5.69 Å². The molecule has 1 aromatic carbocycles. The highest BCUT2D eigenvalue weighted by molar-refractivity contribution is 9.10. The van der Waals surface area contributed by atoms with Crippen LogP contribution in [0.5, 0.6) is 0 Å². The molecule has 0 saturated carbocycles. The van der Waals surface area contributed by atoms with Gasteiger partial charge in [-0.3, -0.25) is 0 Å². The molecule has 0 aliphatic carbocycles. The van der Waals surface area contributed by atoms with E-state index < -0.39 is 0 Å². The van der Waals surface area contributed by atoms with E-state index in [1.54, 1.807) is 0 Å². The maximum atomic E-state index is 4.36. The van der Waals surface area contributed by atoms with Crippen molar-refractivity contribution in [2.75, 3.05) is 0 Å².